The van der Waals surface area contributed by atoms with Crippen LogP contribution in [0.2, 0.25) is 0 Å². The van der Waals surface area contributed by atoms with Crippen LogP contribution in [0.15, 0.2) is 0 Å². The fraction of sp³-hybridized carbons (Fsp3) is 0.923. The lowest BCUT2D eigenvalue weighted by Gasteiger charge is -2.34. The molecule has 2 bridgehead atoms. The molecule has 0 N–H and O–H groups in total. The van der Waals surface area contributed by atoms with Gasteiger partial charge < -0.3 is 4.74 Å². The molecule has 0 amide bonds. The van der Waals surface area contributed by atoms with E-state index < -0.39 is 0 Å². The summed E-state index contributed by atoms with van der Waals surface area (Å²) in [5.74, 6) is 0.749. The maximum Gasteiger partial charge on any atom is 0.309 e. The van der Waals surface area contributed by atoms with Crippen molar-refractivity contribution in [2.75, 3.05) is 6.61 Å². The van der Waals surface area contributed by atoms with E-state index in [4.69, 9.17) is 4.74 Å². The van der Waals surface area contributed by atoms with E-state index in [1.165, 1.54) is 12.8 Å². The van der Waals surface area contributed by atoms with E-state index in [0.29, 0.717) is 23.4 Å². The summed E-state index contributed by atoms with van der Waals surface area (Å²) in [6, 6.07) is 0. The van der Waals surface area contributed by atoms with Gasteiger partial charge in [0.25, 0.3) is 0 Å². The first-order valence-corrected chi connectivity index (χ1v) is 6.09. The van der Waals surface area contributed by atoms with Crippen LogP contribution < -0.4 is 0 Å². The van der Waals surface area contributed by atoms with Crippen LogP contribution in [-0.4, -0.2) is 12.6 Å². The lowest BCUT2D eigenvalue weighted by atomic mass is 9.71. The highest BCUT2D eigenvalue weighted by atomic mass is 16.5. The Morgan fingerprint density at radius 3 is 2.47 bits per heavy atom. The zero-order chi connectivity index (χ0) is 11.3. The highest BCUT2D eigenvalue weighted by molar-refractivity contribution is 5.74. The van der Waals surface area contributed by atoms with Crippen LogP contribution in [-0.2, 0) is 9.53 Å². The molecule has 2 aliphatic rings. The number of hydrogen-bond acceptors (Lipinski definition) is 2. The zero-order valence-corrected chi connectivity index (χ0v) is 10.3. The third-order valence-corrected chi connectivity index (χ3v) is 5.24. The average Bonchev–Trinajstić information content (AvgIpc) is 2.49. The maximum absolute atomic E-state index is 11.8. The molecule has 0 unspecified atom stereocenters. The van der Waals surface area contributed by atoms with Crippen molar-refractivity contribution in [3.63, 3.8) is 0 Å². The monoisotopic (exact) mass is 210 g/mol. The van der Waals surface area contributed by atoms with Gasteiger partial charge in [-0.25, -0.2) is 0 Å². The first kappa shape index (κ1) is 11.0. The van der Waals surface area contributed by atoms with Crippen molar-refractivity contribution in [1.29, 1.82) is 0 Å². The molecule has 0 saturated heterocycles. The van der Waals surface area contributed by atoms with Gasteiger partial charge in [0, 0.05) is 0 Å². The molecule has 0 aromatic heterocycles. The molecule has 0 aliphatic heterocycles. The Morgan fingerprint density at radius 2 is 2.07 bits per heavy atom. The van der Waals surface area contributed by atoms with Crippen molar-refractivity contribution in [2.24, 2.45) is 22.7 Å². The summed E-state index contributed by atoms with van der Waals surface area (Å²) in [6.07, 6.45) is 3.51. The normalized spacial score (nSPS) is 41.9. The van der Waals surface area contributed by atoms with E-state index >= 15 is 0 Å². The summed E-state index contributed by atoms with van der Waals surface area (Å²) in [5, 5.41) is 0. The molecule has 2 rings (SSSR count). The SMILES string of the molecule is CCOC(=O)[C@@H]1C[C@]2(C)CC[C@@H]1C2(C)C. The number of ether oxygens (including phenoxy) is 1. The zero-order valence-electron chi connectivity index (χ0n) is 10.3. The van der Waals surface area contributed by atoms with Gasteiger partial charge in [-0.1, -0.05) is 20.8 Å². The minimum absolute atomic E-state index is 0.0407. The van der Waals surface area contributed by atoms with Gasteiger partial charge in [-0.15, -0.1) is 0 Å². The first-order chi connectivity index (χ1) is 6.92. The Bertz CT molecular complexity index is 280. The van der Waals surface area contributed by atoms with Gasteiger partial charge in [0.1, 0.15) is 0 Å². The Hall–Kier alpha value is -0.530. The van der Waals surface area contributed by atoms with Crippen LogP contribution in [0, 0.1) is 22.7 Å². The molecule has 3 atom stereocenters. The minimum atomic E-state index is 0.0407. The molecule has 2 nitrogen and oxygen atoms in total. The molecule has 15 heavy (non-hydrogen) atoms. The molecule has 0 heterocycles. The van der Waals surface area contributed by atoms with Gasteiger partial charge in [0.05, 0.1) is 12.5 Å². The fourth-order valence-electron chi connectivity index (χ4n) is 3.80. The predicted molar refractivity (Wildman–Crippen MR) is 59.4 cm³/mol. The summed E-state index contributed by atoms with van der Waals surface area (Å²) in [6.45, 7) is 9.39. The number of hydrogen-bond donors (Lipinski definition) is 0. The molecule has 2 heteroatoms. The van der Waals surface area contributed by atoms with Crippen molar-refractivity contribution in [1.82, 2.24) is 0 Å². The van der Waals surface area contributed by atoms with Crippen molar-refractivity contribution in [3.05, 3.63) is 0 Å². The second kappa shape index (κ2) is 3.23. The number of esters is 1. The van der Waals surface area contributed by atoms with Gasteiger partial charge in [-0.3, -0.25) is 4.79 Å². The molecule has 2 saturated carbocycles. The van der Waals surface area contributed by atoms with Crippen LogP contribution in [0.3, 0.4) is 0 Å². The highest BCUT2D eigenvalue weighted by Crippen LogP contribution is 2.67. The Kier molecular flexibility index (Phi) is 2.36. The number of carbonyl (C=O) groups is 1. The van der Waals surface area contributed by atoms with Crippen molar-refractivity contribution in [2.45, 2.75) is 47.0 Å². The van der Waals surface area contributed by atoms with E-state index in [9.17, 15) is 4.79 Å². The van der Waals surface area contributed by atoms with Crippen molar-refractivity contribution < 1.29 is 9.53 Å². The molecular weight excluding hydrogens is 188 g/mol. The van der Waals surface area contributed by atoms with Gasteiger partial charge in [0.15, 0.2) is 0 Å². The fourth-order valence-corrected chi connectivity index (χ4v) is 3.80. The molecular formula is C13H22O2. The lowest BCUT2D eigenvalue weighted by molar-refractivity contribution is -0.150. The molecule has 0 spiro atoms. The standard InChI is InChI=1S/C13H22O2/c1-5-15-11(14)9-8-13(4)7-6-10(9)12(13,2)3/h9-10H,5-8H2,1-4H3/t9-,10+,13+/m1/s1. The molecule has 2 fully saturated rings. The van der Waals surface area contributed by atoms with Crippen molar-refractivity contribution >= 4 is 5.97 Å². The van der Waals surface area contributed by atoms with Gasteiger partial charge in [-0.05, 0) is 42.9 Å². The van der Waals surface area contributed by atoms with E-state index in [1.807, 2.05) is 6.92 Å². The summed E-state index contributed by atoms with van der Waals surface area (Å²) in [5.41, 5.74) is 0.666. The maximum atomic E-state index is 11.8. The summed E-state index contributed by atoms with van der Waals surface area (Å²) >= 11 is 0. The van der Waals surface area contributed by atoms with Crippen LogP contribution in [0.25, 0.3) is 0 Å². The Morgan fingerprint density at radius 1 is 1.40 bits per heavy atom. The molecule has 2 aliphatic carbocycles. The Labute approximate surface area is 92.4 Å². The number of fused-ring (bicyclic) bond motifs is 2. The van der Waals surface area contributed by atoms with E-state index in [2.05, 4.69) is 20.8 Å². The van der Waals surface area contributed by atoms with E-state index in [0.717, 1.165) is 6.42 Å². The lowest BCUT2D eigenvalue weighted by Crippen LogP contribution is -2.27. The second-order valence-corrected chi connectivity index (χ2v) is 5.99. The number of carbonyl (C=O) groups excluding carboxylic acids is 1. The quantitative estimate of drug-likeness (QED) is 0.655. The second-order valence-electron chi connectivity index (χ2n) is 5.99. The predicted octanol–water partition coefficient (Wildman–Crippen LogP) is 3.01. The Balaban J connectivity index is 2.18. The van der Waals surface area contributed by atoms with E-state index in [1.54, 1.807) is 0 Å². The molecule has 0 aromatic rings. The number of rotatable bonds is 2. The van der Waals surface area contributed by atoms with Gasteiger partial charge in [-0.2, -0.15) is 0 Å². The molecule has 0 radical (unpaired) electrons. The van der Waals surface area contributed by atoms with Gasteiger partial charge in [0.2, 0.25) is 0 Å². The summed E-state index contributed by atoms with van der Waals surface area (Å²) in [7, 11) is 0. The minimum Gasteiger partial charge on any atom is -0.466 e. The third-order valence-electron chi connectivity index (χ3n) is 5.24. The smallest absolute Gasteiger partial charge is 0.309 e. The van der Waals surface area contributed by atoms with Crippen molar-refractivity contribution in [3.8, 4) is 0 Å². The van der Waals surface area contributed by atoms with Crippen LogP contribution in [0.5, 0.6) is 0 Å². The van der Waals surface area contributed by atoms with Crippen LogP contribution >= 0.6 is 0 Å². The molecule has 0 aromatic carbocycles. The topological polar surface area (TPSA) is 26.3 Å². The largest absolute Gasteiger partial charge is 0.466 e. The third kappa shape index (κ3) is 1.33. The highest BCUT2D eigenvalue weighted by Gasteiger charge is 2.62. The van der Waals surface area contributed by atoms with E-state index in [-0.39, 0.29) is 11.9 Å². The van der Waals surface area contributed by atoms with Gasteiger partial charge >= 0.3 is 5.97 Å². The van der Waals surface area contributed by atoms with Crippen LogP contribution in [0.1, 0.15) is 47.0 Å². The summed E-state index contributed by atoms with van der Waals surface area (Å²) in [4.78, 5) is 11.8. The summed E-state index contributed by atoms with van der Waals surface area (Å²) < 4.78 is 5.18. The first-order valence-electron chi connectivity index (χ1n) is 6.09. The molecule has 86 valence electrons. The van der Waals surface area contributed by atoms with Crippen LogP contribution in [0.4, 0.5) is 0 Å². The average molecular weight is 210 g/mol.